The summed E-state index contributed by atoms with van der Waals surface area (Å²) in [5.74, 6) is 1.36. The zero-order valence-electron chi connectivity index (χ0n) is 9.98. The molecule has 2 N–H and O–H groups in total. The van der Waals surface area contributed by atoms with E-state index in [1.165, 1.54) is 0 Å². The third-order valence-electron chi connectivity index (χ3n) is 2.41. The molecule has 2 aromatic heterocycles. The van der Waals surface area contributed by atoms with Gasteiger partial charge in [-0.2, -0.15) is 5.10 Å². The van der Waals surface area contributed by atoms with Crippen LogP contribution in [0, 0.1) is 0 Å². The molecule has 17 heavy (non-hydrogen) atoms. The molecule has 0 fully saturated rings. The number of hydrogen-bond acceptors (Lipinski definition) is 4. The number of nitrogen functional groups attached to an aromatic ring is 1. The van der Waals surface area contributed by atoms with Crippen LogP contribution in [0.5, 0.6) is 0 Å². The van der Waals surface area contributed by atoms with Gasteiger partial charge >= 0.3 is 0 Å². The van der Waals surface area contributed by atoms with Gasteiger partial charge in [0.2, 0.25) is 0 Å². The van der Waals surface area contributed by atoms with Crippen molar-refractivity contribution in [1.29, 1.82) is 0 Å². The largest absolute Gasteiger partial charge is 0.383 e. The van der Waals surface area contributed by atoms with Gasteiger partial charge in [0, 0.05) is 13.2 Å². The first-order valence-electron chi connectivity index (χ1n) is 5.31. The van der Waals surface area contributed by atoms with Crippen molar-refractivity contribution in [2.75, 3.05) is 5.73 Å². The van der Waals surface area contributed by atoms with E-state index in [-0.39, 0.29) is 5.92 Å². The van der Waals surface area contributed by atoms with E-state index in [9.17, 15) is 0 Å². The summed E-state index contributed by atoms with van der Waals surface area (Å²) in [6, 6.07) is 0. The Bertz CT molecular complexity index is 547. The number of rotatable bonds is 2. The third kappa shape index (κ3) is 2.31. The monoisotopic (exact) mass is 295 g/mol. The van der Waals surface area contributed by atoms with Gasteiger partial charge in [-0.3, -0.25) is 4.68 Å². The molecule has 0 saturated carbocycles. The van der Waals surface area contributed by atoms with Crippen LogP contribution in [0.25, 0.3) is 11.4 Å². The van der Waals surface area contributed by atoms with E-state index in [2.05, 4.69) is 44.8 Å². The predicted molar refractivity (Wildman–Crippen MR) is 70.4 cm³/mol. The first-order valence-corrected chi connectivity index (χ1v) is 6.10. The van der Waals surface area contributed by atoms with Gasteiger partial charge in [0.1, 0.15) is 5.82 Å². The molecule has 2 rings (SSSR count). The van der Waals surface area contributed by atoms with Crippen LogP contribution in [-0.2, 0) is 7.05 Å². The molecule has 0 aliphatic rings. The first-order chi connectivity index (χ1) is 7.99. The molecule has 0 bridgehead atoms. The highest BCUT2D eigenvalue weighted by Gasteiger charge is 2.14. The lowest BCUT2D eigenvalue weighted by atomic mass is 10.1. The highest BCUT2D eigenvalue weighted by Crippen LogP contribution is 2.29. The molecule has 0 radical (unpaired) electrons. The van der Waals surface area contributed by atoms with Crippen LogP contribution in [0.2, 0.25) is 0 Å². The first kappa shape index (κ1) is 12.0. The summed E-state index contributed by atoms with van der Waals surface area (Å²) in [5, 5.41) is 4.10. The highest BCUT2D eigenvalue weighted by atomic mass is 79.9. The second-order valence-corrected chi connectivity index (χ2v) is 4.98. The molecule has 0 unspecified atom stereocenters. The molecule has 0 amide bonds. The minimum atomic E-state index is 0.282. The second-order valence-electron chi connectivity index (χ2n) is 4.19. The van der Waals surface area contributed by atoms with E-state index in [4.69, 9.17) is 5.73 Å². The lowest BCUT2D eigenvalue weighted by Crippen LogP contribution is -2.04. The Labute approximate surface area is 108 Å². The normalized spacial score (nSPS) is 11.1. The molecular weight excluding hydrogens is 282 g/mol. The Morgan fingerprint density at radius 2 is 2.06 bits per heavy atom. The van der Waals surface area contributed by atoms with E-state index in [0.717, 1.165) is 15.7 Å². The zero-order chi connectivity index (χ0) is 12.6. The molecule has 2 aromatic rings. The van der Waals surface area contributed by atoms with Gasteiger partial charge in [-0.05, 0) is 21.8 Å². The minimum absolute atomic E-state index is 0.282. The number of aryl methyl sites for hydroxylation is 1. The molecule has 0 atom stereocenters. The highest BCUT2D eigenvalue weighted by molar-refractivity contribution is 9.10. The van der Waals surface area contributed by atoms with Gasteiger partial charge < -0.3 is 5.73 Å². The van der Waals surface area contributed by atoms with E-state index in [1.54, 1.807) is 10.9 Å². The average molecular weight is 296 g/mol. The fourth-order valence-corrected chi connectivity index (χ4v) is 2.17. The summed E-state index contributed by atoms with van der Waals surface area (Å²) in [4.78, 5) is 8.79. The van der Waals surface area contributed by atoms with Gasteiger partial charge in [0.05, 0.1) is 21.9 Å². The predicted octanol–water partition coefficient (Wildman–Crippen LogP) is 2.35. The quantitative estimate of drug-likeness (QED) is 0.923. The average Bonchev–Trinajstić information content (AvgIpc) is 2.68. The fourth-order valence-electron chi connectivity index (χ4n) is 1.53. The molecule has 0 spiro atoms. The van der Waals surface area contributed by atoms with Crippen molar-refractivity contribution in [2.45, 2.75) is 19.8 Å². The van der Waals surface area contributed by atoms with Crippen LogP contribution in [0.1, 0.15) is 25.5 Å². The standard InChI is InChI=1S/C11H14BrN5/c1-6(2)9-8(12)10(13)16-11(15-9)7-4-14-17(3)5-7/h4-6H,1-3H3,(H2,13,15,16). The van der Waals surface area contributed by atoms with Crippen molar-refractivity contribution in [3.8, 4) is 11.4 Å². The van der Waals surface area contributed by atoms with Gasteiger partial charge in [0.25, 0.3) is 0 Å². The lowest BCUT2D eigenvalue weighted by Gasteiger charge is -2.10. The summed E-state index contributed by atoms with van der Waals surface area (Å²) < 4.78 is 2.49. The van der Waals surface area contributed by atoms with Gasteiger partial charge in [-0.25, -0.2) is 9.97 Å². The van der Waals surface area contributed by atoms with Crippen LogP contribution in [0.4, 0.5) is 5.82 Å². The van der Waals surface area contributed by atoms with Crippen molar-refractivity contribution >= 4 is 21.7 Å². The minimum Gasteiger partial charge on any atom is -0.383 e. The van der Waals surface area contributed by atoms with Gasteiger partial charge in [-0.15, -0.1) is 0 Å². The lowest BCUT2D eigenvalue weighted by molar-refractivity contribution is 0.767. The Morgan fingerprint density at radius 1 is 1.35 bits per heavy atom. The van der Waals surface area contributed by atoms with Gasteiger partial charge in [-0.1, -0.05) is 13.8 Å². The van der Waals surface area contributed by atoms with E-state index in [0.29, 0.717) is 11.6 Å². The Hall–Kier alpha value is -1.43. The number of halogens is 1. The Morgan fingerprint density at radius 3 is 2.59 bits per heavy atom. The van der Waals surface area contributed by atoms with E-state index in [1.807, 2.05) is 13.2 Å². The van der Waals surface area contributed by atoms with Crippen molar-refractivity contribution in [3.63, 3.8) is 0 Å². The number of hydrogen-bond donors (Lipinski definition) is 1. The smallest absolute Gasteiger partial charge is 0.165 e. The molecule has 0 saturated heterocycles. The SMILES string of the molecule is CC(C)c1nc(-c2cnn(C)c2)nc(N)c1Br. The van der Waals surface area contributed by atoms with Crippen LogP contribution < -0.4 is 5.73 Å². The molecule has 0 aliphatic carbocycles. The number of anilines is 1. The summed E-state index contributed by atoms with van der Waals surface area (Å²) in [6.07, 6.45) is 3.60. The van der Waals surface area contributed by atoms with Crippen LogP contribution >= 0.6 is 15.9 Å². The van der Waals surface area contributed by atoms with E-state index >= 15 is 0 Å². The maximum absolute atomic E-state index is 5.88. The molecule has 90 valence electrons. The molecule has 5 nitrogen and oxygen atoms in total. The number of nitrogens with zero attached hydrogens (tertiary/aromatic N) is 4. The summed E-state index contributed by atoms with van der Waals surface area (Å²) >= 11 is 3.42. The maximum atomic E-state index is 5.88. The zero-order valence-corrected chi connectivity index (χ0v) is 11.6. The fraction of sp³-hybridized carbons (Fsp3) is 0.364. The van der Waals surface area contributed by atoms with Gasteiger partial charge in [0.15, 0.2) is 5.82 Å². The summed E-state index contributed by atoms with van der Waals surface area (Å²) in [7, 11) is 1.86. The van der Waals surface area contributed by atoms with Crippen LogP contribution in [-0.4, -0.2) is 19.7 Å². The summed E-state index contributed by atoms with van der Waals surface area (Å²) in [5.41, 5.74) is 7.66. The number of nitrogens with two attached hydrogens (primary N) is 1. The molecule has 0 aliphatic heterocycles. The number of aromatic nitrogens is 4. The Balaban J connectivity index is 2.56. The molecular formula is C11H14BrN5. The topological polar surface area (TPSA) is 69.6 Å². The van der Waals surface area contributed by atoms with Crippen molar-refractivity contribution < 1.29 is 0 Å². The van der Waals surface area contributed by atoms with Crippen molar-refractivity contribution in [1.82, 2.24) is 19.7 Å². The summed E-state index contributed by atoms with van der Waals surface area (Å²) in [6.45, 7) is 4.14. The Kier molecular flexibility index (Phi) is 3.15. The van der Waals surface area contributed by atoms with Crippen molar-refractivity contribution in [2.24, 2.45) is 7.05 Å². The van der Waals surface area contributed by atoms with Crippen LogP contribution in [0.15, 0.2) is 16.9 Å². The third-order valence-corrected chi connectivity index (χ3v) is 3.22. The van der Waals surface area contributed by atoms with E-state index < -0.39 is 0 Å². The maximum Gasteiger partial charge on any atom is 0.165 e. The van der Waals surface area contributed by atoms with Crippen LogP contribution in [0.3, 0.4) is 0 Å². The molecule has 2 heterocycles. The van der Waals surface area contributed by atoms with Crippen molar-refractivity contribution in [3.05, 3.63) is 22.6 Å². The molecule has 0 aromatic carbocycles. The second kappa shape index (κ2) is 4.44. The molecule has 6 heteroatoms.